The molecular formula is C15H30N2O5. The van der Waals surface area contributed by atoms with Gasteiger partial charge in [-0.3, -0.25) is 0 Å². The van der Waals surface area contributed by atoms with E-state index in [9.17, 15) is 9.59 Å². The van der Waals surface area contributed by atoms with E-state index in [1.54, 1.807) is 6.92 Å². The zero-order chi connectivity index (χ0) is 16.8. The summed E-state index contributed by atoms with van der Waals surface area (Å²) in [6.45, 7) is 9.18. The standard InChI is InChI=1S/C15H30N2O5/c1-5-8-10-17-14(19)22-15(4,11-20-7-3)12-21-13(18)16-9-6-2/h5-12H2,1-4H3,(H,16,18)(H,17,19). The molecule has 0 aromatic heterocycles. The third-order valence-electron chi connectivity index (χ3n) is 2.78. The van der Waals surface area contributed by atoms with E-state index in [1.807, 2.05) is 20.8 Å². The molecule has 2 amide bonds. The van der Waals surface area contributed by atoms with Gasteiger partial charge in [0.05, 0.1) is 6.61 Å². The van der Waals surface area contributed by atoms with Crippen molar-refractivity contribution < 1.29 is 23.8 Å². The highest BCUT2D eigenvalue weighted by molar-refractivity contribution is 5.68. The summed E-state index contributed by atoms with van der Waals surface area (Å²) in [6.07, 6.45) is 1.62. The van der Waals surface area contributed by atoms with Crippen LogP contribution >= 0.6 is 0 Å². The molecule has 0 radical (unpaired) electrons. The number of hydrogen-bond donors (Lipinski definition) is 2. The smallest absolute Gasteiger partial charge is 0.407 e. The third kappa shape index (κ3) is 10.3. The van der Waals surface area contributed by atoms with Crippen LogP contribution in [0.5, 0.6) is 0 Å². The zero-order valence-corrected chi connectivity index (χ0v) is 14.2. The fourth-order valence-corrected chi connectivity index (χ4v) is 1.54. The molecule has 0 rings (SSSR count). The van der Waals surface area contributed by atoms with Crippen molar-refractivity contribution in [3.8, 4) is 0 Å². The number of carbonyl (C=O) groups excluding carboxylic acids is 2. The number of unbranched alkanes of at least 4 members (excludes halogenated alkanes) is 1. The summed E-state index contributed by atoms with van der Waals surface area (Å²) < 4.78 is 15.8. The lowest BCUT2D eigenvalue weighted by Crippen LogP contribution is -2.45. The Morgan fingerprint density at radius 3 is 2.23 bits per heavy atom. The van der Waals surface area contributed by atoms with Crippen LogP contribution in [0, 0.1) is 0 Å². The van der Waals surface area contributed by atoms with Crippen LogP contribution in [0.2, 0.25) is 0 Å². The first kappa shape index (κ1) is 20.5. The monoisotopic (exact) mass is 318 g/mol. The summed E-state index contributed by atoms with van der Waals surface area (Å²) >= 11 is 0. The molecular weight excluding hydrogens is 288 g/mol. The number of ether oxygens (including phenoxy) is 3. The zero-order valence-electron chi connectivity index (χ0n) is 14.2. The van der Waals surface area contributed by atoms with Crippen molar-refractivity contribution in [1.82, 2.24) is 10.6 Å². The van der Waals surface area contributed by atoms with Gasteiger partial charge in [0.15, 0.2) is 5.60 Å². The van der Waals surface area contributed by atoms with Crippen molar-refractivity contribution in [2.24, 2.45) is 0 Å². The van der Waals surface area contributed by atoms with E-state index in [2.05, 4.69) is 10.6 Å². The fraction of sp³-hybridized carbons (Fsp3) is 0.867. The first-order valence-corrected chi connectivity index (χ1v) is 7.92. The number of hydrogen-bond acceptors (Lipinski definition) is 5. The summed E-state index contributed by atoms with van der Waals surface area (Å²) in [5.41, 5.74) is -1.02. The predicted molar refractivity (Wildman–Crippen MR) is 83.9 cm³/mol. The minimum atomic E-state index is -1.02. The van der Waals surface area contributed by atoms with E-state index in [0.717, 1.165) is 19.3 Å². The second-order valence-corrected chi connectivity index (χ2v) is 5.26. The van der Waals surface area contributed by atoms with E-state index >= 15 is 0 Å². The Hall–Kier alpha value is -1.50. The van der Waals surface area contributed by atoms with Gasteiger partial charge in [-0.2, -0.15) is 0 Å². The lowest BCUT2D eigenvalue weighted by molar-refractivity contribution is -0.0730. The Balaban J connectivity index is 4.37. The molecule has 0 saturated heterocycles. The van der Waals surface area contributed by atoms with Gasteiger partial charge in [0.2, 0.25) is 0 Å². The summed E-state index contributed by atoms with van der Waals surface area (Å²) in [5, 5.41) is 5.26. The first-order chi connectivity index (χ1) is 10.5. The summed E-state index contributed by atoms with van der Waals surface area (Å²) in [4.78, 5) is 23.3. The van der Waals surface area contributed by atoms with Gasteiger partial charge in [0, 0.05) is 19.7 Å². The van der Waals surface area contributed by atoms with Crippen LogP contribution in [0.15, 0.2) is 0 Å². The van der Waals surface area contributed by atoms with Gasteiger partial charge in [-0.25, -0.2) is 9.59 Å². The molecule has 0 saturated carbocycles. The molecule has 130 valence electrons. The second-order valence-electron chi connectivity index (χ2n) is 5.26. The quantitative estimate of drug-likeness (QED) is 0.571. The van der Waals surface area contributed by atoms with Crippen LogP contribution in [-0.4, -0.2) is 50.7 Å². The molecule has 0 bridgehead atoms. The molecule has 1 unspecified atom stereocenters. The molecule has 1 atom stereocenters. The van der Waals surface area contributed by atoms with Crippen molar-refractivity contribution in [2.45, 2.75) is 52.6 Å². The third-order valence-corrected chi connectivity index (χ3v) is 2.78. The molecule has 7 nitrogen and oxygen atoms in total. The SMILES string of the molecule is CCCCNC(=O)OC(C)(COCC)COC(=O)NCCC. The Morgan fingerprint density at radius 2 is 1.64 bits per heavy atom. The van der Waals surface area contributed by atoms with Crippen molar-refractivity contribution in [3.63, 3.8) is 0 Å². The summed E-state index contributed by atoms with van der Waals surface area (Å²) in [6, 6.07) is 0. The maximum Gasteiger partial charge on any atom is 0.407 e. The average Bonchev–Trinajstić information content (AvgIpc) is 2.49. The van der Waals surface area contributed by atoms with Crippen LogP contribution in [0.3, 0.4) is 0 Å². The van der Waals surface area contributed by atoms with Gasteiger partial charge in [0.1, 0.15) is 6.61 Å². The highest BCUT2D eigenvalue weighted by Gasteiger charge is 2.31. The molecule has 0 aromatic rings. The molecule has 22 heavy (non-hydrogen) atoms. The number of alkyl carbamates (subject to hydrolysis) is 2. The molecule has 0 aromatic carbocycles. The van der Waals surface area contributed by atoms with Gasteiger partial charge in [-0.05, 0) is 26.7 Å². The normalized spacial score (nSPS) is 13.1. The maximum atomic E-state index is 11.8. The number of amides is 2. The molecule has 2 N–H and O–H groups in total. The van der Waals surface area contributed by atoms with Crippen molar-refractivity contribution >= 4 is 12.2 Å². The molecule has 0 aliphatic carbocycles. The van der Waals surface area contributed by atoms with Crippen molar-refractivity contribution in [3.05, 3.63) is 0 Å². The van der Waals surface area contributed by atoms with Gasteiger partial charge in [-0.15, -0.1) is 0 Å². The van der Waals surface area contributed by atoms with Gasteiger partial charge in [-0.1, -0.05) is 20.3 Å². The fourth-order valence-electron chi connectivity index (χ4n) is 1.54. The number of carbonyl (C=O) groups is 2. The molecule has 0 aliphatic rings. The Labute approximate surface area is 133 Å². The highest BCUT2D eigenvalue weighted by Crippen LogP contribution is 2.13. The van der Waals surface area contributed by atoms with Crippen LogP contribution in [0.4, 0.5) is 9.59 Å². The van der Waals surface area contributed by atoms with E-state index in [4.69, 9.17) is 14.2 Å². The highest BCUT2D eigenvalue weighted by atomic mass is 16.6. The van der Waals surface area contributed by atoms with Crippen LogP contribution in [0.1, 0.15) is 47.0 Å². The van der Waals surface area contributed by atoms with Crippen LogP contribution in [-0.2, 0) is 14.2 Å². The van der Waals surface area contributed by atoms with Crippen LogP contribution in [0.25, 0.3) is 0 Å². The molecule has 0 spiro atoms. The Kier molecular flexibility index (Phi) is 11.3. The largest absolute Gasteiger partial charge is 0.445 e. The van der Waals surface area contributed by atoms with Crippen molar-refractivity contribution in [2.75, 3.05) is 32.9 Å². The summed E-state index contributed by atoms with van der Waals surface area (Å²) in [7, 11) is 0. The molecule has 7 heteroatoms. The lowest BCUT2D eigenvalue weighted by atomic mass is 10.1. The average molecular weight is 318 g/mol. The van der Waals surface area contributed by atoms with Crippen molar-refractivity contribution in [1.29, 1.82) is 0 Å². The topological polar surface area (TPSA) is 85.9 Å². The number of nitrogens with one attached hydrogen (secondary N) is 2. The van der Waals surface area contributed by atoms with E-state index in [0.29, 0.717) is 19.7 Å². The van der Waals surface area contributed by atoms with Gasteiger partial charge < -0.3 is 24.8 Å². The predicted octanol–water partition coefficient (Wildman–Crippen LogP) is 2.44. The molecule has 0 aliphatic heterocycles. The number of rotatable bonds is 11. The summed E-state index contributed by atoms with van der Waals surface area (Å²) in [5.74, 6) is 0. The Morgan fingerprint density at radius 1 is 0.955 bits per heavy atom. The van der Waals surface area contributed by atoms with Gasteiger partial charge >= 0.3 is 12.2 Å². The van der Waals surface area contributed by atoms with E-state index in [1.165, 1.54) is 0 Å². The second kappa shape index (κ2) is 12.1. The van der Waals surface area contributed by atoms with Crippen LogP contribution < -0.4 is 10.6 Å². The lowest BCUT2D eigenvalue weighted by Gasteiger charge is -2.28. The molecule has 0 heterocycles. The van der Waals surface area contributed by atoms with Gasteiger partial charge in [0.25, 0.3) is 0 Å². The van der Waals surface area contributed by atoms with E-state index in [-0.39, 0.29) is 13.2 Å². The minimum Gasteiger partial charge on any atom is -0.445 e. The maximum absolute atomic E-state index is 11.8. The first-order valence-electron chi connectivity index (χ1n) is 7.92. The Bertz CT molecular complexity index is 325. The van der Waals surface area contributed by atoms with E-state index < -0.39 is 17.8 Å². The molecule has 0 fully saturated rings. The minimum absolute atomic E-state index is 0.0657.